The van der Waals surface area contributed by atoms with E-state index in [-0.39, 0.29) is 30.8 Å². The van der Waals surface area contributed by atoms with Crippen molar-refractivity contribution in [3.05, 3.63) is 74.4 Å². The number of hydrogen-bond donors (Lipinski definition) is 0. The first-order valence-electron chi connectivity index (χ1n) is 8.61. The van der Waals surface area contributed by atoms with Gasteiger partial charge in [0.15, 0.2) is 0 Å². The number of rotatable bonds is 2. The largest absolute Gasteiger partial charge is 0.456 e. The molecule has 27 heavy (non-hydrogen) atoms. The number of ether oxygens (including phenoxy) is 1. The maximum absolute atomic E-state index is 13.1. The summed E-state index contributed by atoms with van der Waals surface area (Å²) in [4.78, 5) is 27.2. The summed E-state index contributed by atoms with van der Waals surface area (Å²) in [6.45, 7) is 4.05. The standard InChI is InChI=1S/C21H17Cl2NO3/c1-11-5-12(2)7-14(6-11)24-18-10-27-21(26)20(18)15(9-19(24)25)13-3-4-16(22)17(23)8-13/h3-8,15H,9-10H2,1-2H3. The van der Waals surface area contributed by atoms with Crippen molar-refractivity contribution < 1.29 is 14.3 Å². The summed E-state index contributed by atoms with van der Waals surface area (Å²) in [5, 5.41) is 0.828. The zero-order valence-electron chi connectivity index (χ0n) is 14.9. The zero-order chi connectivity index (χ0) is 19.3. The van der Waals surface area contributed by atoms with E-state index in [0.717, 1.165) is 22.4 Å². The van der Waals surface area contributed by atoms with Crippen molar-refractivity contribution in [2.75, 3.05) is 11.5 Å². The molecule has 6 heteroatoms. The number of anilines is 1. The van der Waals surface area contributed by atoms with Gasteiger partial charge >= 0.3 is 5.97 Å². The Labute approximate surface area is 167 Å². The summed E-state index contributed by atoms with van der Waals surface area (Å²) in [7, 11) is 0. The van der Waals surface area contributed by atoms with Crippen LogP contribution in [0.1, 0.15) is 29.0 Å². The van der Waals surface area contributed by atoms with E-state index >= 15 is 0 Å². The van der Waals surface area contributed by atoms with E-state index in [1.807, 2.05) is 32.0 Å². The molecule has 2 aromatic rings. The molecule has 2 aromatic carbocycles. The molecule has 2 aliphatic rings. The van der Waals surface area contributed by atoms with Crippen molar-refractivity contribution in [1.29, 1.82) is 0 Å². The Bertz CT molecular complexity index is 992. The van der Waals surface area contributed by atoms with Crippen LogP contribution in [0.3, 0.4) is 0 Å². The summed E-state index contributed by atoms with van der Waals surface area (Å²) in [5.41, 5.74) is 4.78. The molecule has 1 unspecified atom stereocenters. The minimum atomic E-state index is -0.389. The second-order valence-electron chi connectivity index (χ2n) is 6.94. The number of halogens is 2. The van der Waals surface area contributed by atoms with Crippen molar-refractivity contribution in [2.24, 2.45) is 0 Å². The second-order valence-corrected chi connectivity index (χ2v) is 7.76. The van der Waals surface area contributed by atoms with Crippen LogP contribution in [0.4, 0.5) is 5.69 Å². The highest BCUT2D eigenvalue weighted by molar-refractivity contribution is 6.42. The van der Waals surface area contributed by atoms with Crippen LogP contribution in [0.2, 0.25) is 10.0 Å². The third-order valence-corrected chi connectivity index (χ3v) is 5.67. The van der Waals surface area contributed by atoms with Crippen molar-refractivity contribution in [3.8, 4) is 0 Å². The van der Waals surface area contributed by atoms with Gasteiger partial charge in [-0.2, -0.15) is 0 Å². The van der Waals surface area contributed by atoms with Gasteiger partial charge in [0.2, 0.25) is 5.91 Å². The first-order chi connectivity index (χ1) is 12.8. The number of esters is 1. The molecule has 0 bridgehead atoms. The molecular formula is C21H17Cl2NO3. The van der Waals surface area contributed by atoms with Gasteiger partial charge in [-0.25, -0.2) is 4.79 Å². The molecule has 2 heterocycles. The molecule has 0 N–H and O–H groups in total. The Hall–Kier alpha value is -2.30. The van der Waals surface area contributed by atoms with E-state index in [9.17, 15) is 9.59 Å². The smallest absolute Gasteiger partial charge is 0.336 e. The fourth-order valence-electron chi connectivity index (χ4n) is 3.85. The average Bonchev–Trinajstić information content (AvgIpc) is 2.97. The predicted molar refractivity (Wildman–Crippen MR) is 105 cm³/mol. The summed E-state index contributed by atoms with van der Waals surface area (Å²) >= 11 is 12.2. The van der Waals surface area contributed by atoms with Gasteiger partial charge in [0.1, 0.15) is 6.61 Å². The normalized spacial score (nSPS) is 19.4. The van der Waals surface area contributed by atoms with Crippen molar-refractivity contribution in [2.45, 2.75) is 26.2 Å². The molecule has 0 saturated carbocycles. The van der Waals surface area contributed by atoms with E-state index in [1.165, 1.54) is 0 Å². The third-order valence-electron chi connectivity index (χ3n) is 4.93. The number of nitrogens with zero attached hydrogens (tertiary/aromatic N) is 1. The predicted octanol–water partition coefficient (Wildman–Crippen LogP) is 4.94. The van der Waals surface area contributed by atoms with Crippen molar-refractivity contribution in [1.82, 2.24) is 0 Å². The van der Waals surface area contributed by atoms with Gasteiger partial charge in [-0.05, 0) is 54.8 Å². The van der Waals surface area contributed by atoms with E-state index in [1.54, 1.807) is 23.1 Å². The monoisotopic (exact) mass is 401 g/mol. The van der Waals surface area contributed by atoms with E-state index in [2.05, 4.69) is 0 Å². The third kappa shape index (κ3) is 3.13. The summed E-state index contributed by atoms with van der Waals surface area (Å²) in [5.74, 6) is -0.851. The van der Waals surface area contributed by atoms with Gasteiger partial charge in [0, 0.05) is 18.0 Å². The topological polar surface area (TPSA) is 46.6 Å². The van der Waals surface area contributed by atoms with Crippen LogP contribution in [-0.2, 0) is 14.3 Å². The number of aryl methyl sites for hydroxylation is 2. The number of benzene rings is 2. The number of cyclic esters (lactones) is 1. The summed E-state index contributed by atoms with van der Waals surface area (Å²) in [6.07, 6.45) is 0.166. The van der Waals surface area contributed by atoms with Crippen LogP contribution < -0.4 is 4.90 Å². The Morgan fingerprint density at radius 2 is 1.70 bits per heavy atom. The minimum absolute atomic E-state index is 0.0758. The first-order valence-corrected chi connectivity index (χ1v) is 9.37. The Morgan fingerprint density at radius 3 is 2.37 bits per heavy atom. The Morgan fingerprint density at radius 1 is 1.00 bits per heavy atom. The van der Waals surface area contributed by atoms with E-state index < -0.39 is 0 Å². The van der Waals surface area contributed by atoms with Gasteiger partial charge in [-0.3, -0.25) is 9.69 Å². The number of amides is 1. The number of carbonyl (C=O) groups excluding carboxylic acids is 2. The number of carbonyl (C=O) groups is 2. The van der Waals surface area contributed by atoms with Gasteiger partial charge in [-0.1, -0.05) is 35.3 Å². The fraction of sp³-hybridized carbons (Fsp3) is 0.238. The molecule has 1 atom stereocenters. The van der Waals surface area contributed by atoms with Crippen LogP contribution in [0.25, 0.3) is 0 Å². The zero-order valence-corrected chi connectivity index (χ0v) is 16.4. The first kappa shape index (κ1) is 18.1. The molecule has 0 fully saturated rings. The van der Waals surface area contributed by atoms with E-state index in [0.29, 0.717) is 21.3 Å². The van der Waals surface area contributed by atoms with Crippen LogP contribution >= 0.6 is 23.2 Å². The Kier molecular flexibility index (Phi) is 4.49. The molecule has 0 aromatic heterocycles. The lowest BCUT2D eigenvalue weighted by atomic mass is 9.84. The molecule has 0 saturated heterocycles. The number of hydrogen-bond acceptors (Lipinski definition) is 3. The molecule has 0 spiro atoms. The lowest BCUT2D eigenvalue weighted by Crippen LogP contribution is -2.37. The minimum Gasteiger partial charge on any atom is -0.456 e. The molecule has 138 valence electrons. The van der Waals surface area contributed by atoms with Gasteiger partial charge < -0.3 is 4.74 Å². The van der Waals surface area contributed by atoms with Crippen LogP contribution in [-0.4, -0.2) is 18.5 Å². The van der Waals surface area contributed by atoms with Crippen LogP contribution in [0, 0.1) is 13.8 Å². The molecular weight excluding hydrogens is 385 g/mol. The Balaban J connectivity index is 1.85. The lowest BCUT2D eigenvalue weighted by Gasteiger charge is -2.32. The maximum Gasteiger partial charge on any atom is 0.336 e. The average molecular weight is 402 g/mol. The molecule has 0 aliphatic carbocycles. The van der Waals surface area contributed by atoms with E-state index in [4.69, 9.17) is 27.9 Å². The molecule has 4 nitrogen and oxygen atoms in total. The fourth-order valence-corrected chi connectivity index (χ4v) is 4.15. The van der Waals surface area contributed by atoms with Gasteiger partial charge in [-0.15, -0.1) is 0 Å². The van der Waals surface area contributed by atoms with Crippen molar-refractivity contribution >= 4 is 40.8 Å². The highest BCUT2D eigenvalue weighted by Gasteiger charge is 2.43. The van der Waals surface area contributed by atoms with Gasteiger partial charge in [0.25, 0.3) is 0 Å². The van der Waals surface area contributed by atoms with Crippen molar-refractivity contribution in [3.63, 3.8) is 0 Å². The molecule has 4 rings (SSSR count). The van der Waals surface area contributed by atoms with Crippen LogP contribution in [0.5, 0.6) is 0 Å². The highest BCUT2D eigenvalue weighted by atomic mass is 35.5. The summed E-state index contributed by atoms with van der Waals surface area (Å²) in [6, 6.07) is 11.1. The highest BCUT2D eigenvalue weighted by Crippen LogP contribution is 2.43. The lowest BCUT2D eigenvalue weighted by molar-refractivity contribution is -0.136. The molecule has 1 amide bonds. The van der Waals surface area contributed by atoms with Crippen LogP contribution in [0.15, 0.2) is 47.7 Å². The second kappa shape index (κ2) is 6.70. The maximum atomic E-state index is 13.1. The molecule has 0 radical (unpaired) electrons. The quantitative estimate of drug-likeness (QED) is 0.669. The van der Waals surface area contributed by atoms with Gasteiger partial charge in [0.05, 0.1) is 21.3 Å². The molecule has 2 aliphatic heterocycles. The summed E-state index contributed by atoms with van der Waals surface area (Å²) < 4.78 is 5.30. The SMILES string of the molecule is Cc1cc(C)cc(N2C(=O)CC(c3ccc(Cl)c(Cl)c3)C3=C2COC3=O)c1.